The number of benzene rings is 1. The normalized spacial score (nSPS) is 12.0. The maximum absolute atomic E-state index is 12.0. The molecule has 0 saturated heterocycles. The molecule has 1 amide bonds. The molecule has 0 saturated carbocycles. The molecule has 92 valence electrons. The van der Waals surface area contributed by atoms with Gasteiger partial charge in [-0.25, -0.2) is 0 Å². The molecule has 0 bridgehead atoms. The van der Waals surface area contributed by atoms with Gasteiger partial charge in [-0.05, 0) is 31.5 Å². The summed E-state index contributed by atoms with van der Waals surface area (Å²) >= 11 is 3.38. The van der Waals surface area contributed by atoms with Gasteiger partial charge in [0.05, 0.1) is 6.04 Å². The maximum Gasteiger partial charge on any atom is 0.252 e. The molecule has 1 unspecified atom stereocenters. The van der Waals surface area contributed by atoms with Gasteiger partial charge < -0.3 is 5.32 Å². The minimum Gasteiger partial charge on any atom is -0.343 e. The highest BCUT2D eigenvalue weighted by molar-refractivity contribution is 9.10. The van der Waals surface area contributed by atoms with Gasteiger partial charge in [0.1, 0.15) is 0 Å². The summed E-state index contributed by atoms with van der Waals surface area (Å²) in [6.07, 6.45) is 0.429. The number of amides is 1. The molecular weight excluding hydrogens is 282 g/mol. The number of rotatable bonds is 4. The van der Waals surface area contributed by atoms with Crippen molar-refractivity contribution < 1.29 is 9.59 Å². The maximum atomic E-state index is 12.0. The highest BCUT2D eigenvalue weighted by Crippen LogP contribution is 2.19. The van der Waals surface area contributed by atoms with Crippen LogP contribution in [0.15, 0.2) is 22.7 Å². The van der Waals surface area contributed by atoms with Crippen molar-refractivity contribution in [3.63, 3.8) is 0 Å². The lowest BCUT2D eigenvalue weighted by Crippen LogP contribution is -2.38. The highest BCUT2D eigenvalue weighted by Gasteiger charge is 2.16. The van der Waals surface area contributed by atoms with Gasteiger partial charge in [0, 0.05) is 16.5 Å². The van der Waals surface area contributed by atoms with E-state index in [1.807, 2.05) is 13.0 Å². The Bertz CT molecular complexity index is 443. The van der Waals surface area contributed by atoms with Gasteiger partial charge in [-0.1, -0.05) is 28.9 Å². The van der Waals surface area contributed by atoms with Crippen LogP contribution in [0, 0.1) is 6.92 Å². The van der Waals surface area contributed by atoms with Crippen molar-refractivity contribution in [2.45, 2.75) is 33.2 Å². The summed E-state index contributed by atoms with van der Waals surface area (Å²) in [5.41, 5.74) is 1.47. The molecule has 3 nitrogen and oxygen atoms in total. The number of hydrogen-bond donors (Lipinski definition) is 1. The molecule has 0 aliphatic rings. The van der Waals surface area contributed by atoms with Crippen LogP contribution in [0.3, 0.4) is 0 Å². The van der Waals surface area contributed by atoms with E-state index < -0.39 is 6.04 Å². The third kappa shape index (κ3) is 3.40. The Labute approximate surface area is 110 Å². The van der Waals surface area contributed by atoms with Crippen LogP contribution in [0.5, 0.6) is 0 Å². The first-order chi connectivity index (χ1) is 7.97. The van der Waals surface area contributed by atoms with Crippen LogP contribution < -0.4 is 5.32 Å². The number of nitrogens with one attached hydrogen (secondary N) is 1. The molecule has 1 rings (SSSR count). The Morgan fingerprint density at radius 1 is 1.41 bits per heavy atom. The van der Waals surface area contributed by atoms with Crippen LogP contribution in [0.4, 0.5) is 0 Å². The lowest BCUT2D eigenvalue weighted by atomic mass is 10.1. The number of carbonyl (C=O) groups excluding carboxylic acids is 2. The predicted octanol–water partition coefficient (Wildman–Crippen LogP) is 2.85. The zero-order valence-electron chi connectivity index (χ0n) is 10.2. The summed E-state index contributed by atoms with van der Waals surface area (Å²) in [5, 5.41) is 2.71. The first-order valence-corrected chi connectivity index (χ1v) is 6.35. The molecule has 0 spiro atoms. The van der Waals surface area contributed by atoms with E-state index in [0.29, 0.717) is 12.0 Å². The summed E-state index contributed by atoms with van der Waals surface area (Å²) in [6, 6.07) is 5.00. The van der Waals surface area contributed by atoms with Gasteiger partial charge in [0.15, 0.2) is 5.78 Å². The Hall–Kier alpha value is -1.16. The fraction of sp³-hybridized carbons (Fsp3) is 0.385. The van der Waals surface area contributed by atoms with Crippen molar-refractivity contribution in [3.8, 4) is 0 Å². The zero-order chi connectivity index (χ0) is 13.0. The van der Waals surface area contributed by atoms with Gasteiger partial charge in [-0.3, -0.25) is 9.59 Å². The number of Topliss-reactive ketones (excluding diaryl/α,β-unsaturated/α-hetero) is 1. The van der Waals surface area contributed by atoms with Crippen molar-refractivity contribution >= 4 is 27.6 Å². The average Bonchev–Trinajstić information content (AvgIpc) is 2.31. The largest absolute Gasteiger partial charge is 0.343 e. The van der Waals surface area contributed by atoms with Crippen LogP contribution >= 0.6 is 15.9 Å². The van der Waals surface area contributed by atoms with Crippen LogP contribution in [0.2, 0.25) is 0 Å². The molecule has 0 heterocycles. The van der Waals surface area contributed by atoms with E-state index in [1.54, 1.807) is 26.0 Å². The van der Waals surface area contributed by atoms with E-state index in [1.165, 1.54) is 0 Å². The Balaban J connectivity index is 2.84. The van der Waals surface area contributed by atoms with Crippen LogP contribution in [0.1, 0.15) is 36.2 Å². The molecule has 1 aromatic carbocycles. The molecule has 0 aliphatic carbocycles. The lowest BCUT2D eigenvalue weighted by molar-refractivity contribution is -0.120. The molecule has 1 aromatic rings. The topological polar surface area (TPSA) is 46.2 Å². The van der Waals surface area contributed by atoms with Crippen molar-refractivity contribution in [1.29, 1.82) is 0 Å². The Kier molecular flexibility index (Phi) is 4.87. The summed E-state index contributed by atoms with van der Waals surface area (Å²) in [5.74, 6) is -0.177. The van der Waals surface area contributed by atoms with E-state index in [2.05, 4.69) is 21.2 Å². The third-order valence-corrected chi connectivity index (χ3v) is 3.55. The van der Waals surface area contributed by atoms with Crippen molar-refractivity contribution in [2.24, 2.45) is 0 Å². The van der Waals surface area contributed by atoms with E-state index in [4.69, 9.17) is 0 Å². The number of halogens is 1. The molecule has 4 heteroatoms. The van der Waals surface area contributed by atoms with E-state index >= 15 is 0 Å². The molecule has 0 fully saturated rings. The third-order valence-electron chi connectivity index (χ3n) is 2.69. The predicted molar refractivity (Wildman–Crippen MR) is 71.1 cm³/mol. The fourth-order valence-corrected chi connectivity index (χ4v) is 1.88. The van der Waals surface area contributed by atoms with Gasteiger partial charge >= 0.3 is 0 Å². The van der Waals surface area contributed by atoms with Crippen LogP contribution in [0.25, 0.3) is 0 Å². The second-order valence-corrected chi connectivity index (χ2v) is 4.78. The smallest absolute Gasteiger partial charge is 0.252 e. The van der Waals surface area contributed by atoms with Crippen molar-refractivity contribution in [2.75, 3.05) is 0 Å². The minimum absolute atomic E-state index is 0.0333. The number of hydrogen-bond acceptors (Lipinski definition) is 2. The SMILES string of the molecule is CCC(=O)C(C)NC(=O)c1cccc(Br)c1C. The van der Waals surface area contributed by atoms with Gasteiger partial charge in [-0.15, -0.1) is 0 Å². The van der Waals surface area contributed by atoms with E-state index in [0.717, 1.165) is 10.0 Å². The molecule has 0 aliphatic heterocycles. The fourth-order valence-electron chi connectivity index (χ4n) is 1.51. The van der Waals surface area contributed by atoms with Gasteiger partial charge in [-0.2, -0.15) is 0 Å². The molecule has 17 heavy (non-hydrogen) atoms. The zero-order valence-corrected chi connectivity index (χ0v) is 11.8. The van der Waals surface area contributed by atoms with Crippen molar-refractivity contribution in [1.82, 2.24) is 5.32 Å². The van der Waals surface area contributed by atoms with E-state index in [-0.39, 0.29) is 11.7 Å². The first kappa shape index (κ1) is 13.9. The summed E-state index contributed by atoms with van der Waals surface area (Å²) in [6.45, 7) is 5.36. The molecule has 1 N–H and O–H groups in total. The Morgan fingerprint density at radius 3 is 2.65 bits per heavy atom. The Morgan fingerprint density at radius 2 is 2.06 bits per heavy atom. The van der Waals surface area contributed by atoms with Crippen LogP contribution in [-0.4, -0.2) is 17.7 Å². The molecule has 0 aromatic heterocycles. The minimum atomic E-state index is -0.439. The van der Waals surface area contributed by atoms with Gasteiger partial charge in [0.2, 0.25) is 0 Å². The first-order valence-electron chi connectivity index (χ1n) is 5.56. The van der Waals surface area contributed by atoms with E-state index in [9.17, 15) is 9.59 Å². The molecule has 0 radical (unpaired) electrons. The second kappa shape index (κ2) is 5.96. The summed E-state index contributed by atoms with van der Waals surface area (Å²) in [4.78, 5) is 23.4. The summed E-state index contributed by atoms with van der Waals surface area (Å²) < 4.78 is 0.889. The van der Waals surface area contributed by atoms with Crippen LogP contribution in [-0.2, 0) is 4.79 Å². The quantitative estimate of drug-likeness (QED) is 0.929. The molecule has 1 atom stereocenters. The monoisotopic (exact) mass is 297 g/mol. The standard InChI is InChI=1S/C13H16BrNO2/c1-4-12(16)9(3)15-13(17)10-6-5-7-11(14)8(10)2/h5-7,9H,4H2,1-3H3,(H,15,17). The number of carbonyl (C=O) groups is 2. The number of ketones is 1. The average molecular weight is 298 g/mol. The highest BCUT2D eigenvalue weighted by atomic mass is 79.9. The lowest BCUT2D eigenvalue weighted by Gasteiger charge is -2.13. The molecular formula is C13H16BrNO2. The van der Waals surface area contributed by atoms with Gasteiger partial charge in [0.25, 0.3) is 5.91 Å². The van der Waals surface area contributed by atoms with Crippen molar-refractivity contribution in [3.05, 3.63) is 33.8 Å². The summed E-state index contributed by atoms with van der Waals surface area (Å²) in [7, 11) is 0. The second-order valence-electron chi connectivity index (χ2n) is 3.93.